The van der Waals surface area contributed by atoms with E-state index in [1.165, 1.54) is 6.08 Å². The Kier molecular flexibility index (Phi) is 3.87. The number of carbonyl (C=O) groups excluding carboxylic acids is 1. The molecule has 1 aromatic rings. The number of benzene rings is 1. The predicted octanol–water partition coefficient (Wildman–Crippen LogP) is 2.60. The molecule has 0 saturated carbocycles. The molecule has 0 N–H and O–H groups in total. The Hall–Kier alpha value is -1.97. The molecule has 0 bridgehead atoms. The lowest BCUT2D eigenvalue weighted by atomic mass is 10.0. The fraction of sp³-hybridized carbons (Fsp3) is 0.357. The van der Waals surface area contributed by atoms with Gasteiger partial charge in [0.2, 0.25) is 0 Å². The zero-order valence-electron chi connectivity index (χ0n) is 10.5. The third-order valence-corrected chi connectivity index (χ3v) is 2.72. The Bertz CT molecular complexity index is 465. The average molecular weight is 248 g/mol. The van der Waals surface area contributed by atoms with Gasteiger partial charge in [0, 0.05) is 6.42 Å². The third-order valence-electron chi connectivity index (χ3n) is 2.72. The Morgan fingerprint density at radius 1 is 1.44 bits per heavy atom. The fourth-order valence-electron chi connectivity index (χ4n) is 1.90. The summed E-state index contributed by atoms with van der Waals surface area (Å²) in [7, 11) is 1.61. The van der Waals surface area contributed by atoms with Gasteiger partial charge in [-0.15, -0.1) is 0 Å². The smallest absolute Gasteiger partial charge is 0.334 e. The van der Waals surface area contributed by atoms with E-state index in [1.54, 1.807) is 7.11 Å². The van der Waals surface area contributed by atoms with Crippen molar-refractivity contribution in [2.24, 2.45) is 0 Å². The van der Waals surface area contributed by atoms with Crippen LogP contribution in [-0.2, 0) is 14.3 Å². The van der Waals surface area contributed by atoms with E-state index in [9.17, 15) is 4.79 Å². The van der Waals surface area contributed by atoms with Crippen molar-refractivity contribution >= 4 is 5.97 Å². The first-order valence-corrected chi connectivity index (χ1v) is 5.91. The summed E-state index contributed by atoms with van der Waals surface area (Å²) in [5, 5.41) is 0. The molecule has 1 aliphatic rings. The van der Waals surface area contributed by atoms with Gasteiger partial charge in [-0.05, 0) is 24.6 Å². The van der Waals surface area contributed by atoms with Gasteiger partial charge in [0.15, 0.2) is 0 Å². The number of ether oxygens (including phenoxy) is 3. The van der Waals surface area contributed by atoms with Gasteiger partial charge < -0.3 is 14.2 Å². The second kappa shape index (κ2) is 5.58. The van der Waals surface area contributed by atoms with Crippen LogP contribution < -0.4 is 4.74 Å². The van der Waals surface area contributed by atoms with Crippen molar-refractivity contribution in [1.82, 2.24) is 0 Å². The van der Waals surface area contributed by atoms with Crippen LogP contribution in [0.25, 0.3) is 0 Å². The monoisotopic (exact) mass is 248 g/mol. The lowest BCUT2D eigenvalue weighted by Crippen LogP contribution is -2.17. The summed E-state index contributed by atoms with van der Waals surface area (Å²) in [4.78, 5) is 11.5. The van der Waals surface area contributed by atoms with Crippen LogP contribution in [-0.4, -0.2) is 19.7 Å². The number of cyclic esters (lactones) is 1. The zero-order valence-corrected chi connectivity index (χ0v) is 10.5. The minimum absolute atomic E-state index is 0.306. The number of hydrogen-bond acceptors (Lipinski definition) is 4. The van der Waals surface area contributed by atoms with Crippen molar-refractivity contribution in [3.8, 4) is 5.75 Å². The van der Waals surface area contributed by atoms with Crippen LogP contribution in [0.4, 0.5) is 0 Å². The molecule has 1 aliphatic heterocycles. The van der Waals surface area contributed by atoms with E-state index in [0.29, 0.717) is 18.8 Å². The van der Waals surface area contributed by atoms with E-state index in [4.69, 9.17) is 14.2 Å². The molecule has 4 heteroatoms. The molecule has 1 aromatic carbocycles. The Balaban J connectivity index is 2.18. The summed E-state index contributed by atoms with van der Waals surface area (Å²) in [6.45, 7) is 2.44. The molecule has 18 heavy (non-hydrogen) atoms. The molecule has 1 unspecified atom stereocenters. The first-order chi connectivity index (χ1) is 8.72. The second-order valence-corrected chi connectivity index (χ2v) is 3.95. The summed E-state index contributed by atoms with van der Waals surface area (Å²) >= 11 is 0. The zero-order chi connectivity index (χ0) is 13.0. The normalized spacial score (nSPS) is 18.9. The SMILES string of the molecule is CCOC1=CC(=O)OC(c2cccc(OC)c2)C1. The van der Waals surface area contributed by atoms with Crippen molar-refractivity contribution in [2.45, 2.75) is 19.4 Å². The maximum Gasteiger partial charge on any atom is 0.334 e. The van der Waals surface area contributed by atoms with Gasteiger partial charge in [0.25, 0.3) is 0 Å². The quantitative estimate of drug-likeness (QED) is 0.768. The molecule has 0 spiro atoms. The standard InChI is InChI=1S/C14H16O4/c1-3-17-12-8-13(18-14(15)9-12)10-5-4-6-11(7-10)16-2/h4-7,9,13H,3,8H2,1-2H3. The lowest BCUT2D eigenvalue weighted by Gasteiger charge is -2.23. The van der Waals surface area contributed by atoms with Crippen LogP contribution >= 0.6 is 0 Å². The third kappa shape index (κ3) is 2.83. The largest absolute Gasteiger partial charge is 0.498 e. The number of hydrogen-bond donors (Lipinski definition) is 0. The van der Waals surface area contributed by atoms with Gasteiger partial charge >= 0.3 is 5.97 Å². The molecule has 0 aromatic heterocycles. The maximum atomic E-state index is 11.5. The topological polar surface area (TPSA) is 44.8 Å². The minimum atomic E-state index is -0.363. The molecule has 0 amide bonds. The molecule has 0 saturated heterocycles. The van der Waals surface area contributed by atoms with Crippen LogP contribution in [0.2, 0.25) is 0 Å². The van der Waals surface area contributed by atoms with Gasteiger partial charge in [-0.1, -0.05) is 12.1 Å². The Morgan fingerprint density at radius 3 is 3.00 bits per heavy atom. The highest BCUT2D eigenvalue weighted by atomic mass is 16.6. The van der Waals surface area contributed by atoms with Crippen LogP contribution in [0.1, 0.15) is 25.0 Å². The molecule has 1 heterocycles. The number of methoxy groups -OCH3 is 1. The van der Waals surface area contributed by atoms with Crippen LogP contribution in [0.5, 0.6) is 5.75 Å². The molecule has 96 valence electrons. The van der Waals surface area contributed by atoms with E-state index < -0.39 is 0 Å². The van der Waals surface area contributed by atoms with E-state index in [0.717, 1.165) is 11.3 Å². The van der Waals surface area contributed by atoms with Crippen molar-refractivity contribution in [3.05, 3.63) is 41.7 Å². The van der Waals surface area contributed by atoms with Gasteiger partial charge in [-0.3, -0.25) is 0 Å². The van der Waals surface area contributed by atoms with E-state index >= 15 is 0 Å². The van der Waals surface area contributed by atoms with Crippen LogP contribution in [0, 0.1) is 0 Å². The average Bonchev–Trinajstić information content (AvgIpc) is 2.38. The predicted molar refractivity (Wildman–Crippen MR) is 66.2 cm³/mol. The number of esters is 1. The van der Waals surface area contributed by atoms with Crippen molar-refractivity contribution in [1.29, 1.82) is 0 Å². The molecular weight excluding hydrogens is 232 g/mol. The summed E-state index contributed by atoms with van der Waals surface area (Å²) in [6, 6.07) is 7.51. The van der Waals surface area contributed by atoms with Crippen molar-refractivity contribution < 1.29 is 19.0 Å². The van der Waals surface area contributed by atoms with Gasteiger partial charge in [-0.2, -0.15) is 0 Å². The molecule has 1 atom stereocenters. The highest BCUT2D eigenvalue weighted by Gasteiger charge is 2.24. The fourth-order valence-corrected chi connectivity index (χ4v) is 1.90. The Labute approximate surface area is 106 Å². The number of carbonyl (C=O) groups is 1. The Morgan fingerprint density at radius 2 is 2.28 bits per heavy atom. The van der Waals surface area contributed by atoms with E-state index in [2.05, 4.69) is 0 Å². The summed E-state index contributed by atoms with van der Waals surface area (Å²) < 4.78 is 15.8. The van der Waals surface area contributed by atoms with Gasteiger partial charge in [0.05, 0.1) is 19.8 Å². The summed E-state index contributed by atoms with van der Waals surface area (Å²) in [5.41, 5.74) is 0.910. The first kappa shape index (κ1) is 12.5. The van der Waals surface area contributed by atoms with Crippen LogP contribution in [0.15, 0.2) is 36.1 Å². The summed E-state index contributed by atoms with van der Waals surface area (Å²) in [5.74, 6) is 1.05. The molecule has 0 radical (unpaired) electrons. The van der Waals surface area contributed by atoms with Crippen molar-refractivity contribution in [2.75, 3.05) is 13.7 Å². The molecular formula is C14H16O4. The molecule has 2 rings (SSSR count). The maximum absolute atomic E-state index is 11.5. The van der Waals surface area contributed by atoms with E-state index in [1.807, 2.05) is 31.2 Å². The highest BCUT2D eigenvalue weighted by molar-refractivity contribution is 5.83. The molecule has 4 nitrogen and oxygen atoms in total. The summed E-state index contributed by atoms with van der Waals surface area (Å²) in [6.07, 6.45) is 1.66. The lowest BCUT2D eigenvalue weighted by molar-refractivity contribution is -0.145. The van der Waals surface area contributed by atoms with Gasteiger partial charge in [-0.25, -0.2) is 4.79 Å². The van der Waals surface area contributed by atoms with Gasteiger partial charge in [0.1, 0.15) is 17.6 Å². The van der Waals surface area contributed by atoms with Crippen molar-refractivity contribution in [3.63, 3.8) is 0 Å². The van der Waals surface area contributed by atoms with Crippen LogP contribution in [0.3, 0.4) is 0 Å². The molecule has 0 aliphatic carbocycles. The molecule has 0 fully saturated rings. The first-order valence-electron chi connectivity index (χ1n) is 5.91. The minimum Gasteiger partial charge on any atom is -0.498 e. The number of rotatable bonds is 4. The second-order valence-electron chi connectivity index (χ2n) is 3.95. The highest BCUT2D eigenvalue weighted by Crippen LogP contribution is 2.31. The van der Waals surface area contributed by atoms with E-state index in [-0.39, 0.29) is 12.1 Å².